The van der Waals surface area contributed by atoms with E-state index >= 15 is 0 Å². The van der Waals surface area contributed by atoms with E-state index in [1.807, 2.05) is 0 Å². The smallest absolute Gasteiger partial charge is 0.259 e. The fourth-order valence-electron chi connectivity index (χ4n) is 5.49. The molecule has 2 fully saturated rings. The normalized spacial score (nSPS) is 28.2. The van der Waals surface area contributed by atoms with Crippen molar-refractivity contribution in [1.29, 1.82) is 0 Å². The summed E-state index contributed by atoms with van der Waals surface area (Å²) in [5.74, 6) is -2.34. The molecule has 2 aromatic carbocycles. The highest BCUT2D eigenvalue weighted by Gasteiger charge is 2.51. The van der Waals surface area contributed by atoms with Crippen LogP contribution in [0.25, 0.3) is 11.3 Å². The van der Waals surface area contributed by atoms with Crippen molar-refractivity contribution in [3.05, 3.63) is 63.8 Å². The maximum atomic E-state index is 14.2. The number of ether oxygens (including phenoxy) is 1. The van der Waals surface area contributed by atoms with Crippen molar-refractivity contribution in [3.63, 3.8) is 0 Å². The van der Waals surface area contributed by atoms with Crippen LogP contribution >= 0.6 is 23.2 Å². The van der Waals surface area contributed by atoms with Crippen LogP contribution in [0.2, 0.25) is 10.0 Å². The van der Waals surface area contributed by atoms with Gasteiger partial charge in [-0.2, -0.15) is 0 Å². The Labute approximate surface area is 243 Å². The maximum Gasteiger partial charge on any atom is 0.259 e. The number of hydrogen-bond acceptors (Lipinski definition) is 8. The molecule has 2 aliphatic rings. The summed E-state index contributed by atoms with van der Waals surface area (Å²) in [5.41, 5.74) is 0.213. The van der Waals surface area contributed by atoms with Gasteiger partial charge in [0.1, 0.15) is 41.7 Å². The van der Waals surface area contributed by atoms with E-state index in [1.54, 1.807) is 0 Å². The molecule has 5 unspecified atom stereocenters. The average molecular weight is 613 g/mol. The summed E-state index contributed by atoms with van der Waals surface area (Å²) in [4.78, 5) is 15.4. The van der Waals surface area contributed by atoms with Gasteiger partial charge >= 0.3 is 0 Å². The standard InChI is InChI=1S/C27H28Cl2F2N4O6/c1-12-17(30)5-13(6-18(12)31)19-10-34(33-32-19)23-24(38)22(11-36)41-26(25(23)39)27(40)35(20-3-2-4-21(20)37)16-8-14(28)7-15(29)9-16/h5-10,20-26,36-39H,2-4,11H2,1H3/t20-,21-,22?,23?,24?,25?,26?/m0/s1. The molecule has 220 valence electrons. The van der Waals surface area contributed by atoms with Crippen LogP contribution < -0.4 is 4.90 Å². The molecule has 0 radical (unpaired) electrons. The highest BCUT2D eigenvalue weighted by molar-refractivity contribution is 6.35. The third-order valence-electron chi connectivity index (χ3n) is 7.67. The fourth-order valence-corrected chi connectivity index (χ4v) is 6.00. The van der Waals surface area contributed by atoms with Gasteiger partial charge in [-0.05, 0) is 56.5 Å². The Balaban J connectivity index is 1.51. The van der Waals surface area contributed by atoms with E-state index in [1.165, 1.54) is 36.2 Å². The minimum atomic E-state index is -1.72. The number of carbonyl (C=O) groups is 1. The van der Waals surface area contributed by atoms with Gasteiger partial charge in [0.05, 0.1) is 24.9 Å². The zero-order valence-electron chi connectivity index (χ0n) is 21.7. The summed E-state index contributed by atoms with van der Waals surface area (Å²) in [6.07, 6.45) is -4.31. The summed E-state index contributed by atoms with van der Waals surface area (Å²) in [5, 5.41) is 51.4. The minimum Gasteiger partial charge on any atom is -0.394 e. The van der Waals surface area contributed by atoms with Crippen molar-refractivity contribution >= 4 is 34.8 Å². The second-order valence-corrected chi connectivity index (χ2v) is 11.2. The molecule has 10 nitrogen and oxygen atoms in total. The molecule has 1 aliphatic carbocycles. The molecular formula is C27H28Cl2F2N4O6. The molecule has 7 atom stereocenters. The lowest BCUT2D eigenvalue weighted by molar-refractivity contribution is -0.205. The van der Waals surface area contributed by atoms with Gasteiger partial charge in [-0.15, -0.1) is 5.10 Å². The third kappa shape index (κ3) is 5.70. The summed E-state index contributed by atoms with van der Waals surface area (Å²) in [6.45, 7) is 0.580. The van der Waals surface area contributed by atoms with Gasteiger partial charge in [-0.25, -0.2) is 13.5 Å². The molecule has 0 bridgehead atoms. The van der Waals surface area contributed by atoms with E-state index in [4.69, 9.17) is 27.9 Å². The molecule has 1 aliphatic heterocycles. The summed E-state index contributed by atoms with van der Waals surface area (Å²) < 4.78 is 35.1. The van der Waals surface area contributed by atoms with Gasteiger partial charge in [-0.3, -0.25) is 4.79 Å². The van der Waals surface area contributed by atoms with E-state index < -0.39 is 66.8 Å². The first kappa shape index (κ1) is 29.8. The lowest BCUT2D eigenvalue weighted by Crippen LogP contribution is -2.62. The quantitative estimate of drug-likeness (QED) is 0.333. The second kappa shape index (κ2) is 11.9. The predicted octanol–water partition coefficient (Wildman–Crippen LogP) is 2.81. The largest absolute Gasteiger partial charge is 0.394 e. The molecule has 41 heavy (non-hydrogen) atoms. The van der Waals surface area contributed by atoms with E-state index in [0.29, 0.717) is 19.3 Å². The zero-order chi connectivity index (χ0) is 29.6. The molecule has 1 amide bonds. The highest BCUT2D eigenvalue weighted by atomic mass is 35.5. The number of hydrogen-bond donors (Lipinski definition) is 4. The van der Waals surface area contributed by atoms with Crippen LogP contribution in [0, 0.1) is 18.6 Å². The number of benzene rings is 2. The molecule has 1 aromatic heterocycles. The van der Waals surface area contributed by atoms with Crippen molar-refractivity contribution in [2.75, 3.05) is 11.5 Å². The van der Waals surface area contributed by atoms with E-state index in [2.05, 4.69) is 10.3 Å². The molecule has 0 spiro atoms. The van der Waals surface area contributed by atoms with Crippen molar-refractivity contribution < 1.29 is 38.7 Å². The monoisotopic (exact) mass is 612 g/mol. The molecule has 4 N–H and O–H groups in total. The van der Waals surface area contributed by atoms with Crippen LogP contribution in [0.1, 0.15) is 30.9 Å². The van der Waals surface area contributed by atoms with Crippen molar-refractivity contribution in [2.24, 2.45) is 0 Å². The Morgan fingerprint density at radius 2 is 1.73 bits per heavy atom. The van der Waals surface area contributed by atoms with E-state index in [-0.39, 0.29) is 32.6 Å². The van der Waals surface area contributed by atoms with Gasteiger partial charge in [0.2, 0.25) is 0 Å². The maximum absolute atomic E-state index is 14.2. The molecule has 14 heteroatoms. The third-order valence-corrected chi connectivity index (χ3v) is 8.10. The number of aliphatic hydroxyl groups excluding tert-OH is 4. The Hall–Kier alpha value is -2.71. The van der Waals surface area contributed by atoms with Crippen molar-refractivity contribution in [1.82, 2.24) is 15.0 Å². The van der Waals surface area contributed by atoms with Gasteiger partial charge in [0.25, 0.3) is 5.91 Å². The Morgan fingerprint density at radius 1 is 1.07 bits per heavy atom. The summed E-state index contributed by atoms with van der Waals surface area (Å²) in [6, 6.07) is 4.58. The minimum absolute atomic E-state index is 0.0430. The van der Waals surface area contributed by atoms with Gasteiger partial charge < -0.3 is 30.1 Å². The average Bonchev–Trinajstić information content (AvgIpc) is 3.56. The first-order chi connectivity index (χ1) is 19.5. The Morgan fingerprint density at radius 3 is 2.32 bits per heavy atom. The van der Waals surface area contributed by atoms with Gasteiger partial charge in [0.15, 0.2) is 6.10 Å². The Bertz CT molecular complexity index is 1400. The van der Waals surface area contributed by atoms with Crippen LogP contribution in [0.3, 0.4) is 0 Å². The lowest BCUT2D eigenvalue weighted by atomic mass is 9.91. The number of nitrogens with zero attached hydrogens (tertiary/aromatic N) is 4. The van der Waals surface area contributed by atoms with Crippen LogP contribution in [0.5, 0.6) is 0 Å². The zero-order valence-corrected chi connectivity index (χ0v) is 23.3. The number of carbonyl (C=O) groups excluding carboxylic acids is 1. The summed E-state index contributed by atoms with van der Waals surface area (Å²) in [7, 11) is 0. The Kier molecular flexibility index (Phi) is 8.63. The van der Waals surface area contributed by atoms with Crippen LogP contribution in [0.15, 0.2) is 36.5 Å². The molecule has 5 rings (SSSR count). The van der Waals surface area contributed by atoms with Gasteiger partial charge in [-0.1, -0.05) is 28.4 Å². The lowest BCUT2D eigenvalue weighted by Gasteiger charge is -2.43. The van der Waals surface area contributed by atoms with E-state index in [0.717, 1.165) is 16.8 Å². The fraction of sp³-hybridized carbons (Fsp3) is 0.444. The molecule has 1 saturated heterocycles. The number of amides is 1. The van der Waals surface area contributed by atoms with Crippen molar-refractivity contribution in [2.45, 2.75) is 68.8 Å². The van der Waals surface area contributed by atoms with E-state index in [9.17, 15) is 34.0 Å². The predicted molar refractivity (Wildman–Crippen MR) is 145 cm³/mol. The first-order valence-electron chi connectivity index (χ1n) is 13.0. The molecule has 1 saturated carbocycles. The van der Waals surface area contributed by atoms with Gasteiger partial charge in [0, 0.05) is 26.9 Å². The van der Waals surface area contributed by atoms with Crippen LogP contribution in [-0.2, 0) is 9.53 Å². The van der Waals surface area contributed by atoms with Crippen molar-refractivity contribution in [3.8, 4) is 11.3 Å². The topological polar surface area (TPSA) is 141 Å². The summed E-state index contributed by atoms with van der Waals surface area (Å²) >= 11 is 12.4. The number of aromatic nitrogens is 3. The number of rotatable bonds is 6. The van der Waals surface area contributed by atoms with Crippen LogP contribution in [-0.4, -0.2) is 84.5 Å². The highest BCUT2D eigenvalue weighted by Crippen LogP contribution is 2.37. The SMILES string of the molecule is Cc1c(F)cc(-c2cn(C3C(O)C(CO)OC(C(=O)N(c4cc(Cl)cc(Cl)c4)[C@H]4CCC[C@@H]4O)C3O)nn2)cc1F. The number of halogens is 4. The molecule has 3 aromatic rings. The molecular weight excluding hydrogens is 585 g/mol. The number of aliphatic hydroxyl groups is 4. The van der Waals surface area contributed by atoms with Crippen LogP contribution in [0.4, 0.5) is 14.5 Å². The second-order valence-electron chi connectivity index (χ2n) is 10.3. The number of anilines is 1. The first-order valence-corrected chi connectivity index (χ1v) is 13.7. The molecule has 2 heterocycles.